The Labute approximate surface area is 101 Å². The van der Waals surface area contributed by atoms with Crippen LogP contribution in [0.2, 0.25) is 0 Å². The Kier molecular flexibility index (Phi) is 4.52. The van der Waals surface area contributed by atoms with E-state index in [2.05, 4.69) is 0 Å². The molecule has 2 N–H and O–H groups in total. The molecule has 0 aliphatic heterocycles. The number of ether oxygens (including phenoxy) is 1. The van der Waals surface area contributed by atoms with Crippen LogP contribution >= 0.6 is 0 Å². The topological polar surface area (TPSA) is 66.8 Å². The molecule has 0 saturated carbocycles. The molecule has 94 valence electrons. The molecular weight excluding hydrogens is 220 g/mol. The van der Waals surface area contributed by atoms with Crippen LogP contribution in [0.1, 0.15) is 25.3 Å². The summed E-state index contributed by atoms with van der Waals surface area (Å²) in [6, 6.07) is 7.41. The fourth-order valence-corrected chi connectivity index (χ4v) is 1.72. The third-order valence-electron chi connectivity index (χ3n) is 2.64. The lowest BCUT2D eigenvalue weighted by atomic mass is 9.91. The van der Waals surface area contributed by atoms with Gasteiger partial charge in [0.1, 0.15) is 5.75 Å². The standard InChI is InChI=1S/C13H18O4/c1-13(16,8-7-12(14)15)9-10-5-3-4-6-11(10)17-2/h3-6,16H,7-9H2,1-2H3,(H,14,15). The van der Waals surface area contributed by atoms with Gasteiger partial charge in [-0.2, -0.15) is 0 Å². The average molecular weight is 238 g/mol. The second-order valence-corrected chi connectivity index (χ2v) is 4.38. The summed E-state index contributed by atoms with van der Waals surface area (Å²) in [6.07, 6.45) is 0.562. The van der Waals surface area contributed by atoms with Gasteiger partial charge in [0, 0.05) is 12.8 Å². The maximum Gasteiger partial charge on any atom is 0.303 e. The number of carboxylic acid groups (broad SMARTS) is 1. The number of carboxylic acids is 1. The molecule has 0 spiro atoms. The van der Waals surface area contributed by atoms with E-state index in [9.17, 15) is 9.90 Å². The number of methoxy groups -OCH3 is 1. The first-order valence-corrected chi connectivity index (χ1v) is 5.51. The van der Waals surface area contributed by atoms with Crippen LogP contribution in [0.15, 0.2) is 24.3 Å². The number of hydrogen-bond donors (Lipinski definition) is 2. The van der Waals surface area contributed by atoms with Gasteiger partial charge in [0.2, 0.25) is 0 Å². The minimum absolute atomic E-state index is 0.0395. The van der Waals surface area contributed by atoms with Crippen molar-refractivity contribution in [3.8, 4) is 5.75 Å². The predicted molar refractivity (Wildman–Crippen MR) is 64.2 cm³/mol. The summed E-state index contributed by atoms with van der Waals surface area (Å²) in [5.74, 6) is -0.187. The van der Waals surface area contributed by atoms with Crippen LogP contribution in [0, 0.1) is 0 Å². The molecule has 4 nitrogen and oxygen atoms in total. The van der Waals surface area contributed by atoms with Gasteiger partial charge >= 0.3 is 5.97 Å². The van der Waals surface area contributed by atoms with Gasteiger partial charge in [-0.25, -0.2) is 0 Å². The Hall–Kier alpha value is -1.55. The van der Waals surface area contributed by atoms with Crippen LogP contribution in [-0.2, 0) is 11.2 Å². The summed E-state index contributed by atoms with van der Waals surface area (Å²) in [7, 11) is 1.57. The van der Waals surface area contributed by atoms with E-state index >= 15 is 0 Å². The number of rotatable bonds is 6. The monoisotopic (exact) mass is 238 g/mol. The summed E-state index contributed by atoms with van der Waals surface area (Å²) in [6.45, 7) is 1.64. The van der Waals surface area contributed by atoms with Crippen LogP contribution in [0.4, 0.5) is 0 Å². The van der Waals surface area contributed by atoms with E-state index in [-0.39, 0.29) is 12.8 Å². The molecule has 0 amide bonds. The highest BCUT2D eigenvalue weighted by atomic mass is 16.5. The summed E-state index contributed by atoms with van der Waals surface area (Å²) in [5, 5.41) is 18.7. The van der Waals surface area contributed by atoms with E-state index in [4.69, 9.17) is 9.84 Å². The third kappa shape index (κ3) is 4.44. The first-order valence-electron chi connectivity index (χ1n) is 5.51. The molecule has 4 heteroatoms. The quantitative estimate of drug-likeness (QED) is 0.793. The van der Waals surface area contributed by atoms with Crippen molar-refractivity contribution < 1.29 is 19.7 Å². The highest BCUT2D eigenvalue weighted by Crippen LogP contribution is 2.25. The van der Waals surface area contributed by atoms with E-state index in [1.807, 2.05) is 24.3 Å². The number of aliphatic carboxylic acids is 1. The molecule has 1 aromatic rings. The van der Waals surface area contributed by atoms with Gasteiger partial charge in [0.25, 0.3) is 0 Å². The average Bonchev–Trinajstić information content (AvgIpc) is 2.27. The van der Waals surface area contributed by atoms with E-state index in [0.29, 0.717) is 12.2 Å². The summed E-state index contributed by atoms with van der Waals surface area (Å²) >= 11 is 0. The van der Waals surface area contributed by atoms with Gasteiger partial charge in [-0.05, 0) is 25.0 Å². The highest BCUT2D eigenvalue weighted by molar-refractivity contribution is 5.66. The van der Waals surface area contributed by atoms with Crippen LogP contribution in [0.5, 0.6) is 5.75 Å². The molecule has 0 aliphatic carbocycles. The maximum atomic E-state index is 10.5. The Balaban J connectivity index is 2.71. The number of hydrogen-bond acceptors (Lipinski definition) is 3. The molecule has 0 heterocycles. The van der Waals surface area contributed by atoms with E-state index in [1.165, 1.54) is 0 Å². The van der Waals surface area contributed by atoms with Crippen molar-refractivity contribution in [3.63, 3.8) is 0 Å². The van der Waals surface area contributed by atoms with Crippen molar-refractivity contribution in [2.24, 2.45) is 0 Å². The van der Waals surface area contributed by atoms with E-state index < -0.39 is 11.6 Å². The second kappa shape index (κ2) is 5.68. The Bertz CT molecular complexity index is 385. The van der Waals surface area contributed by atoms with E-state index in [0.717, 1.165) is 5.56 Å². The SMILES string of the molecule is COc1ccccc1CC(C)(O)CCC(=O)O. The van der Waals surface area contributed by atoms with Gasteiger partial charge in [-0.15, -0.1) is 0 Å². The largest absolute Gasteiger partial charge is 0.496 e. The van der Waals surface area contributed by atoms with Gasteiger partial charge in [0.05, 0.1) is 12.7 Å². The fraction of sp³-hybridized carbons (Fsp3) is 0.462. The first-order chi connectivity index (χ1) is 7.94. The van der Waals surface area contributed by atoms with Gasteiger partial charge < -0.3 is 14.9 Å². The number of benzene rings is 1. The third-order valence-corrected chi connectivity index (χ3v) is 2.64. The zero-order valence-corrected chi connectivity index (χ0v) is 10.1. The van der Waals surface area contributed by atoms with Crippen molar-refractivity contribution in [1.29, 1.82) is 0 Å². The normalized spacial score (nSPS) is 14.1. The highest BCUT2D eigenvalue weighted by Gasteiger charge is 2.23. The van der Waals surface area contributed by atoms with Crippen LogP contribution < -0.4 is 4.74 Å². The van der Waals surface area contributed by atoms with Crippen molar-refractivity contribution >= 4 is 5.97 Å². The summed E-state index contributed by atoms with van der Waals surface area (Å²) in [5.41, 5.74) is -0.155. The van der Waals surface area contributed by atoms with E-state index in [1.54, 1.807) is 14.0 Å². The molecule has 1 unspecified atom stereocenters. The smallest absolute Gasteiger partial charge is 0.303 e. The van der Waals surface area contributed by atoms with Crippen molar-refractivity contribution in [3.05, 3.63) is 29.8 Å². The zero-order chi connectivity index (χ0) is 12.9. The molecule has 0 radical (unpaired) electrons. The molecule has 1 rings (SSSR count). The molecule has 0 aromatic heterocycles. The lowest BCUT2D eigenvalue weighted by Crippen LogP contribution is -2.28. The number of carbonyl (C=O) groups is 1. The second-order valence-electron chi connectivity index (χ2n) is 4.38. The van der Waals surface area contributed by atoms with Crippen molar-refractivity contribution in [2.75, 3.05) is 7.11 Å². The van der Waals surface area contributed by atoms with Crippen LogP contribution in [0.25, 0.3) is 0 Å². The molecule has 0 bridgehead atoms. The fourth-order valence-electron chi connectivity index (χ4n) is 1.72. The molecule has 0 aliphatic rings. The number of para-hydroxylation sites is 1. The molecule has 17 heavy (non-hydrogen) atoms. The molecule has 0 saturated heterocycles. The van der Waals surface area contributed by atoms with Crippen molar-refractivity contribution in [2.45, 2.75) is 31.8 Å². The zero-order valence-electron chi connectivity index (χ0n) is 10.1. The first kappa shape index (κ1) is 13.5. The van der Waals surface area contributed by atoms with Gasteiger partial charge in [-0.1, -0.05) is 18.2 Å². The van der Waals surface area contributed by atoms with Crippen LogP contribution in [-0.4, -0.2) is 28.9 Å². The number of aliphatic hydroxyl groups is 1. The Morgan fingerprint density at radius 3 is 2.65 bits per heavy atom. The summed E-state index contributed by atoms with van der Waals surface area (Å²) in [4.78, 5) is 10.5. The van der Waals surface area contributed by atoms with Crippen LogP contribution in [0.3, 0.4) is 0 Å². The predicted octanol–water partition coefficient (Wildman–Crippen LogP) is 1.85. The Morgan fingerprint density at radius 2 is 2.06 bits per heavy atom. The summed E-state index contributed by atoms with van der Waals surface area (Å²) < 4.78 is 5.19. The minimum atomic E-state index is -1.03. The lowest BCUT2D eigenvalue weighted by Gasteiger charge is -2.23. The molecular formula is C13H18O4. The molecule has 0 fully saturated rings. The van der Waals surface area contributed by atoms with Gasteiger partial charge in [0.15, 0.2) is 0 Å². The minimum Gasteiger partial charge on any atom is -0.496 e. The maximum absolute atomic E-state index is 10.5. The molecule has 1 atom stereocenters. The Morgan fingerprint density at radius 1 is 1.41 bits per heavy atom. The molecule has 1 aromatic carbocycles. The van der Waals surface area contributed by atoms with Gasteiger partial charge in [-0.3, -0.25) is 4.79 Å². The van der Waals surface area contributed by atoms with Crippen molar-refractivity contribution in [1.82, 2.24) is 0 Å². The lowest BCUT2D eigenvalue weighted by molar-refractivity contribution is -0.138.